The second kappa shape index (κ2) is 5.32. The van der Waals surface area contributed by atoms with Gasteiger partial charge < -0.3 is 10.2 Å². The lowest BCUT2D eigenvalue weighted by Gasteiger charge is -2.58. The van der Waals surface area contributed by atoms with Crippen molar-refractivity contribution in [2.75, 3.05) is 0 Å². The summed E-state index contributed by atoms with van der Waals surface area (Å²) < 4.78 is 0. The Balaban J connectivity index is 1.67. The molecule has 3 heteroatoms. The zero-order valence-electron chi connectivity index (χ0n) is 15.1. The minimum atomic E-state index is -0.787. The van der Waals surface area contributed by atoms with E-state index in [9.17, 15) is 15.5 Å². The lowest BCUT2D eigenvalue weighted by molar-refractivity contribution is -0.122. The van der Waals surface area contributed by atoms with E-state index in [1.165, 1.54) is 5.57 Å². The Morgan fingerprint density at radius 1 is 1.17 bits per heavy atom. The summed E-state index contributed by atoms with van der Waals surface area (Å²) in [4.78, 5) is 0. The first-order valence-electron chi connectivity index (χ1n) is 9.81. The first-order chi connectivity index (χ1) is 11.3. The maximum absolute atomic E-state index is 11.2. The zero-order valence-corrected chi connectivity index (χ0v) is 15.1. The van der Waals surface area contributed by atoms with Gasteiger partial charge in [0.25, 0.3) is 0 Å². The van der Waals surface area contributed by atoms with E-state index in [0.717, 1.165) is 51.4 Å². The van der Waals surface area contributed by atoms with Gasteiger partial charge in [-0.1, -0.05) is 25.5 Å². The third-order valence-electron chi connectivity index (χ3n) is 8.77. The smallest absolute Gasteiger partial charge is 0.0833 e. The molecule has 0 spiro atoms. The Morgan fingerprint density at radius 2 is 1.92 bits per heavy atom. The van der Waals surface area contributed by atoms with Gasteiger partial charge in [0.1, 0.15) is 0 Å². The summed E-state index contributed by atoms with van der Waals surface area (Å²) in [7, 11) is 0. The van der Waals surface area contributed by atoms with Crippen LogP contribution in [0.5, 0.6) is 0 Å². The molecule has 0 aromatic rings. The molecule has 0 aromatic carbocycles. The summed E-state index contributed by atoms with van der Waals surface area (Å²) in [5, 5.41) is 30.5. The molecule has 0 radical (unpaired) electrons. The van der Waals surface area contributed by atoms with Gasteiger partial charge in [0.15, 0.2) is 0 Å². The standard InChI is InChI=1S/C21H31NO2/c1-19-8-5-15(23)13-14(19)3-4-16-17(19)6-9-20(2)18(16)7-10-21(20,24)11-12-22/h3,15-18,23-24H,4-11,13H2,1-2H3/t15-,16-,17+,18+,19-,20-,21+/m0/s1. The molecular weight excluding hydrogens is 298 g/mol. The number of nitriles is 1. The fourth-order valence-electron chi connectivity index (χ4n) is 7.17. The van der Waals surface area contributed by atoms with Gasteiger partial charge in [-0.2, -0.15) is 5.26 Å². The van der Waals surface area contributed by atoms with Crippen LogP contribution in [0.3, 0.4) is 0 Å². The number of hydrogen-bond acceptors (Lipinski definition) is 3. The van der Waals surface area contributed by atoms with E-state index in [-0.39, 0.29) is 23.4 Å². The molecule has 132 valence electrons. The molecule has 4 aliphatic rings. The highest BCUT2D eigenvalue weighted by Crippen LogP contribution is 2.67. The second-order valence-corrected chi connectivity index (χ2v) is 9.52. The molecule has 2 N–H and O–H groups in total. The van der Waals surface area contributed by atoms with Crippen LogP contribution in [-0.2, 0) is 0 Å². The van der Waals surface area contributed by atoms with Crippen molar-refractivity contribution in [3.8, 4) is 6.07 Å². The maximum Gasteiger partial charge on any atom is 0.0833 e. The largest absolute Gasteiger partial charge is 0.393 e. The van der Waals surface area contributed by atoms with Crippen molar-refractivity contribution in [2.24, 2.45) is 28.6 Å². The van der Waals surface area contributed by atoms with Gasteiger partial charge in [0.05, 0.1) is 24.2 Å². The summed E-state index contributed by atoms with van der Waals surface area (Å²) in [5.41, 5.74) is 0.862. The van der Waals surface area contributed by atoms with Crippen LogP contribution in [-0.4, -0.2) is 21.9 Å². The maximum atomic E-state index is 11.2. The van der Waals surface area contributed by atoms with Crippen LogP contribution >= 0.6 is 0 Å². The highest BCUT2D eigenvalue weighted by Gasteiger charge is 2.63. The first-order valence-corrected chi connectivity index (χ1v) is 9.81. The topological polar surface area (TPSA) is 64.2 Å². The minimum absolute atomic E-state index is 0.0974. The van der Waals surface area contributed by atoms with E-state index in [1.54, 1.807) is 0 Å². The zero-order chi connectivity index (χ0) is 17.2. The highest BCUT2D eigenvalue weighted by atomic mass is 16.3. The van der Waals surface area contributed by atoms with Crippen LogP contribution in [0.25, 0.3) is 0 Å². The summed E-state index contributed by atoms with van der Waals surface area (Å²) in [6.45, 7) is 4.69. The van der Waals surface area contributed by atoms with Crippen molar-refractivity contribution in [2.45, 2.75) is 83.3 Å². The molecular formula is C21H31NO2. The van der Waals surface area contributed by atoms with E-state index in [2.05, 4.69) is 26.0 Å². The van der Waals surface area contributed by atoms with Gasteiger partial charge in [-0.15, -0.1) is 0 Å². The Hall–Kier alpha value is -0.850. The fourth-order valence-corrected chi connectivity index (χ4v) is 7.17. The van der Waals surface area contributed by atoms with Crippen LogP contribution in [0.4, 0.5) is 0 Å². The van der Waals surface area contributed by atoms with Crippen molar-refractivity contribution in [1.29, 1.82) is 5.26 Å². The third-order valence-corrected chi connectivity index (χ3v) is 8.77. The lowest BCUT2D eigenvalue weighted by Crippen LogP contribution is -2.54. The molecule has 3 saturated carbocycles. The molecule has 0 heterocycles. The van der Waals surface area contributed by atoms with Crippen molar-refractivity contribution in [3.05, 3.63) is 11.6 Å². The molecule has 3 fully saturated rings. The molecule has 0 aromatic heterocycles. The van der Waals surface area contributed by atoms with Gasteiger partial charge >= 0.3 is 0 Å². The number of aliphatic hydroxyl groups is 2. The van der Waals surface area contributed by atoms with E-state index in [1.807, 2.05) is 0 Å². The van der Waals surface area contributed by atoms with Crippen molar-refractivity contribution >= 4 is 0 Å². The van der Waals surface area contributed by atoms with Crippen LogP contribution in [0.1, 0.15) is 71.6 Å². The Labute approximate surface area is 145 Å². The van der Waals surface area contributed by atoms with Crippen molar-refractivity contribution in [1.82, 2.24) is 0 Å². The second-order valence-electron chi connectivity index (χ2n) is 9.52. The summed E-state index contributed by atoms with van der Waals surface area (Å²) in [6, 6.07) is 2.25. The molecule has 3 nitrogen and oxygen atoms in total. The van der Waals surface area contributed by atoms with Crippen molar-refractivity contribution < 1.29 is 10.2 Å². The SMILES string of the molecule is C[C@]12CC[C@H](O)CC1=CC[C@H]1[C@H]2CC[C@@]2(C)[C@@H]1CC[C@@]2(O)CC#N. The third kappa shape index (κ3) is 2.02. The number of allylic oxidation sites excluding steroid dienone is 1. The predicted molar refractivity (Wildman–Crippen MR) is 92.9 cm³/mol. The Kier molecular flexibility index (Phi) is 3.68. The van der Waals surface area contributed by atoms with E-state index < -0.39 is 5.60 Å². The molecule has 0 amide bonds. The average molecular weight is 329 g/mol. The van der Waals surface area contributed by atoms with Crippen molar-refractivity contribution in [3.63, 3.8) is 0 Å². The van der Waals surface area contributed by atoms with Gasteiger partial charge in [-0.25, -0.2) is 0 Å². The normalized spacial score (nSPS) is 53.4. The molecule has 4 aliphatic carbocycles. The molecule has 0 unspecified atom stereocenters. The quantitative estimate of drug-likeness (QED) is 0.716. The van der Waals surface area contributed by atoms with E-state index >= 15 is 0 Å². The summed E-state index contributed by atoms with van der Waals surface area (Å²) >= 11 is 0. The molecule has 0 aliphatic heterocycles. The molecule has 4 rings (SSSR count). The molecule has 24 heavy (non-hydrogen) atoms. The minimum Gasteiger partial charge on any atom is -0.393 e. The highest BCUT2D eigenvalue weighted by molar-refractivity contribution is 5.26. The monoisotopic (exact) mass is 329 g/mol. The van der Waals surface area contributed by atoms with Gasteiger partial charge in [-0.3, -0.25) is 0 Å². The molecule has 7 atom stereocenters. The number of nitrogens with zero attached hydrogens (tertiary/aromatic N) is 1. The number of aliphatic hydroxyl groups excluding tert-OH is 1. The fraction of sp³-hybridized carbons (Fsp3) is 0.857. The molecule has 0 saturated heterocycles. The molecule has 0 bridgehead atoms. The predicted octanol–water partition coefficient (Wildman–Crippen LogP) is 3.95. The first kappa shape index (κ1) is 16.6. The average Bonchev–Trinajstić information content (AvgIpc) is 2.80. The van der Waals surface area contributed by atoms with Crippen LogP contribution in [0, 0.1) is 39.9 Å². The number of rotatable bonds is 1. The van der Waals surface area contributed by atoms with Crippen LogP contribution in [0.15, 0.2) is 11.6 Å². The van der Waals surface area contributed by atoms with Gasteiger partial charge in [-0.05, 0) is 74.5 Å². The number of hydrogen-bond donors (Lipinski definition) is 2. The van der Waals surface area contributed by atoms with E-state index in [0.29, 0.717) is 17.8 Å². The van der Waals surface area contributed by atoms with Gasteiger partial charge in [0, 0.05) is 5.41 Å². The van der Waals surface area contributed by atoms with E-state index in [4.69, 9.17) is 0 Å². The summed E-state index contributed by atoms with van der Waals surface area (Å²) in [5.74, 6) is 1.86. The Bertz CT molecular complexity index is 607. The Morgan fingerprint density at radius 3 is 2.67 bits per heavy atom. The summed E-state index contributed by atoms with van der Waals surface area (Å²) in [6.07, 6.45) is 10.6. The van der Waals surface area contributed by atoms with Crippen LogP contribution in [0.2, 0.25) is 0 Å². The van der Waals surface area contributed by atoms with Gasteiger partial charge in [0.2, 0.25) is 0 Å². The lowest BCUT2D eigenvalue weighted by atomic mass is 9.47. The van der Waals surface area contributed by atoms with Crippen LogP contribution < -0.4 is 0 Å². The number of fused-ring (bicyclic) bond motifs is 5.